The molecule has 1 aliphatic rings. The molecule has 1 aliphatic carbocycles. The molecule has 0 atom stereocenters. The smallest absolute Gasteiger partial charge is 0.263 e. The topological polar surface area (TPSA) is 114 Å². The van der Waals surface area contributed by atoms with E-state index in [1.165, 1.54) is 29.7 Å². The van der Waals surface area contributed by atoms with Crippen molar-refractivity contribution in [1.82, 2.24) is 10.1 Å². The quantitative estimate of drug-likeness (QED) is 0.414. The summed E-state index contributed by atoms with van der Waals surface area (Å²) in [6, 6.07) is 11.7. The molecule has 0 saturated heterocycles. The van der Waals surface area contributed by atoms with Gasteiger partial charge in [0.15, 0.2) is 10.9 Å². The highest BCUT2D eigenvalue weighted by Crippen LogP contribution is 2.49. The summed E-state index contributed by atoms with van der Waals surface area (Å²) in [5.74, 6) is 0.460. The first-order valence-corrected chi connectivity index (χ1v) is 12.6. The Labute approximate surface area is 186 Å². The molecule has 1 amide bonds. The van der Waals surface area contributed by atoms with E-state index >= 15 is 0 Å². The van der Waals surface area contributed by atoms with Gasteiger partial charge in [0.25, 0.3) is 10.0 Å². The molecule has 0 radical (unpaired) electrons. The van der Waals surface area contributed by atoms with E-state index in [0.717, 1.165) is 4.88 Å². The van der Waals surface area contributed by atoms with E-state index in [0.29, 0.717) is 35.1 Å². The van der Waals surface area contributed by atoms with Gasteiger partial charge >= 0.3 is 0 Å². The first-order valence-electron chi connectivity index (χ1n) is 9.31. The largest absolute Gasteiger partial charge is 0.355 e. The van der Waals surface area contributed by atoms with Crippen LogP contribution in [0.25, 0.3) is 10.6 Å². The second-order valence-corrected chi connectivity index (χ2v) is 10.6. The third-order valence-corrected chi connectivity index (χ3v) is 8.08. The third kappa shape index (κ3) is 3.87. The number of sulfonamides is 1. The van der Waals surface area contributed by atoms with E-state index in [9.17, 15) is 13.2 Å². The van der Waals surface area contributed by atoms with Gasteiger partial charge in [-0.25, -0.2) is 13.4 Å². The molecule has 1 fully saturated rings. The molecule has 1 saturated carbocycles. The van der Waals surface area contributed by atoms with Crippen LogP contribution in [0.15, 0.2) is 68.8 Å². The fourth-order valence-corrected chi connectivity index (χ4v) is 5.64. The number of aromatic nitrogens is 2. The molecule has 3 heterocycles. The van der Waals surface area contributed by atoms with Crippen LogP contribution in [-0.4, -0.2) is 24.5 Å². The van der Waals surface area contributed by atoms with E-state index in [-0.39, 0.29) is 10.8 Å². The molecule has 8 nitrogen and oxygen atoms in total. The number of carbonyl (C=O) groups excluding carboxylic acids is 1. The summed E-state index contributed by atoms with van der Waals surface area (Å²) in [5, 5.41) is 10.9. The molecule has 3 aromatic heterocycles. The standard InChI is InChI=1S/C20H16N4O4S3/c25-18(20(7-8-20)17-12-15(28-23-17)16-2-1-10-29-16)22-13-3-5-14(6-4-13)31(26,27)24-19-21-9-11-30-19/h1-6,9-12H,7-8H2,(H,21,24)(H,22,25). The van der Waals surface area contributed by atoms with Crippen LogP contribution in [0.4, 0.5) is 10.8 Å². The van der Waals surface area contributed by atoms with Crippen LogP contribution in [0.1, 0.15) is 18.5 Å². The van der Waals surface area contributed by atoms with Crippen molar-refractivity contribution in [3.05, 3.63) is 65.1 Å². The molecule has 158 valence electrons. The molecule has 31 heavy (non-hydrogen) atoms. The summed E-state index contributed by atoms with van der Waals surface area (Å²) in [4.78, 5) is 17.9. The first kappa shape index (κ1) is 19.9. The number of thiazole rings is 1. The highest BCUT2D eigenvalue weighted by molar-refractivity contribution is 7.93. The van der Waals surface area contributed by atoms with Gasteiger partial charge in [-0.3, -0.25) is 9.52 Å². The molecular formula is C20H16N4O4S3. The van der Waals surface area contributed by atoms with Gasteiger partial charge in [0.1, 0.15) is 0 Å². The van der Waals surface area contributed by atoms with Gasteiger partial charge in [-0.1, -0.05) is 11.2 Å². The van der Waals surface area contributed by atoms with Crippen molar-refractivity contribution >= 4 is 49.4 Å². The van der Waals surface area contributed by atoms with E-state index in [4.69, 9.17) is 4.52 Å². The number of nitrogens with one attached hydrogen (secondary N) is 2. The minimum Gasteiger partial charge on any atom is -0.355 e. The summed E-state index contributed by atoms with van der Waals surface area (Å²) in [6.07, 6.45) is 2.88. The molecule has 2 N–H and O–H groups in total. The molecule has 0 spiro atoms. The maximum Gasteiger partial charge on any atom is 0.263 e. The van der Waals surface area contributed by atoms with Gasteiger partial charge in [0.05, 0.1) is 20.9 Å². The summed E-state index contributed by atoms with van der Waals surface area (Å²) in [5.41, 5.74) is 0.405. The predicted molar refractivity (Wildman–Crippen MR) is 119 cm³/mol. The third-order valence-electron chi connectivity index (χ3n) is 5.03. The van der Waals surface area contributed by atoms with Crippen molar-refractivity contribution in [1.29, 1.82) is 0 Å². The molecular weight excluding hydrogens is 456 g/mol. The fourth-order valence-electron chi connectivity index (χ4n) is 3.18. The molecule has 11 heteroatoms. The predicted octanol–water partition coefficient (Wildman–Crippen LogP) is 4.33. The Morgan fingerprint density at radius 2 is 1.90 bits per heavy atom. The Bertz CT molecular complexity index is 1310. The summed E-state index contributed by atoms with van der Waals surface area (Å²) in [6.45, 7) is 0. The Morgan fingerprint density at radius 1 is 1.10 bits per heavy atom. The zero-order valence-electron chi connectivity index (χ0n) is 15.9. The van der Waals surface area contributed by atoms with Crippen molar-refractivity contribution in [3.8, 4) is 10.6 Å². The molecule has 4 aromatic rings. The lowest BCUT2D eigenvalue weighted by molar-refractivity contribution is -0.118. The Balaban J connectivity index is 1.29. The average molecular weight is 473 g/mol. The van der Waals surface area contributed by atoms with Crippen LogP contribution < -0.4 is 10.0 Å². The van der Waals surface area contributed by atoms with Crippen LogP contribution >= 0.6 is 22.7 Å². The van der Waals surface area contributed by atoms with Gasteiger partial charge in [-0.15, -0.1) is 22.7 Å². The van der Waals surface area contributed by atoms with Crippen LogP contribution in [0.3, 0.4) is 0 Å². The lowest BCUT2D eigenvalue weighted by atomic mass is 10.0. The van der Waals surface area contributed by atoms with Crippen molar-refractivity contribution in [2.45, 2.75) is 23.2 Å². The number of thiophene rings is 1. The van der Waals surface area contributed by atoms with Crippen molar-refractivity contribution in [3.63, 3.8) is 0 Å². The van der Waals surface area contributed by atoms with Crippen LogP contribution in [0, 0.1) is 0 Å². The number of benzene rings is 1. The van der Waals surface area contributed by atoms with Crippen LogP contribution in [0.2, 0.25) is 0 Å². The summed E-state index contributed by atoms with van der Waals surface area (Å²) >= 11 is 2.74. The van der Waals surface area contributed by atoms with E-state index < -0.39 is 15.4 Å². The van der Waals surface area contributed by atoms with Gasteiger partial charge in [-0.2, -0.15) is 0 Å². The Hall–Kier alpha value is -3.02. The number of rotatable bonds is 7. The zero-order chi connectivity index (χ0) is 21.5. The van der Waals surface area contributed by atoms with Crippen LogP contribution in [0.5, 0.6) is 0 Å². The maximum absolute atomic E-state index is 13.0. The Morgan fingerprint density at radius 3 is 2.55 bits per heavy atom. The van der Waals surface area contributed by atoms with E-state index in [1.807, 2.05) is 23.6 Å². The molecule has 1 aromatic carbocycles. The first-order chi connectivity index (χ1) is 15.0. The maximum atomic E-state index is 13.0. The SMILES string of the molecule is O=C(Nc1ccc(S(=O)(=O)Nc2nccs2)cc1)C1(c2cc(-c3cccs3)on2)CC1. The minimum atomic E-state index is -3.74. The van der Waals surface area contributed by atoms with Gasteiger partial charge in [0.2, 0.25) is 5.91 Å². The van der Waals surface area contributed by atoms with E-state index in [1.54, 1.807) is 28.8 Å². The van der Waals surface area contributed by atoms with Crippen molar-refractivity contribution in [2.24, 2.45) is 0 Å². The normalized spacial score (nSPS) is 14.8. The fraction of sp³-hybridized carbons (Fsp3) is 0.150. The number of hydrogen-bond donors (Lipinski definition) is 2. The molecule has 0 bridgehead atoms. The lowest BCUT2D eigenvalue weighted by Crippen LogP contribution is -2.28. The van der Waals surface area contributed by atoms with E-state index in [2.05, 4.69) is 20.2 Å². The molecule has 5 rings (SSSR count). The molecule has 0 unspecified atom stereocenters. The zero-order valence-corrected chi connectivity index (χ0v) is 18.4. The second kappa shape index (κ2) is 7.59. The van der Waals surface area contributed by atoms with Crippen molar-refractivity contribution in [2.75, 3.05) is 10.0 Å². The number of nitrogens with zero attached hydrogens (tertiary/aromatic N) is 2. The van der Waals surface area contributed by atoms with Gasteiger partial charge in [0, 0.05) is 23.3 Å². The van der Waals surface area contributed by atoms with Gasteiger partial charge < -0.3 is 9.84 Å². The number of carbonyl (C=O) groups is 1. The average Bonchev–Trinajstić information content (AvgIpc) is 3.20. The van der Waals surface area contributed by atoms with Gasteiger partial charge in [-0.05, 0) is 48.6 Å². The summed E-state index contributed by atoms with van der Waals surface area (Å²) in [7, 11) is -3.74. The van der Waals surface area contributed by atoms with Crippen LogP contribution in [-0.2, 0) is 20.2 Å². The number of hydrogen-bond acceptors (Lipinski definition) is 8. The summed E-state index contributed by atoms with van der Waals surface area (Å²) < 4.78 is 32.7. The lowest BCUT2D eigenvalue weighted by Gasteiger charge is -2.13. The number of amides is 1. The number of anilines is 2. The highest BCUT2D eigenvalue weighted by atomic mass is 32.2. The minimum absolute atomic E-state index is 0.0823. The van der Waals surface area contributed by atoms with Crippen molar-refractivity contribution < 1.29 is 17.7 Å². The Kier molecular flexibility index (Phi) is 4.88. The highest BCUT2D eigenvalue weighted by Gasteiger charge is 2.53. The monoisotopic (exact) mass is 472 g/mol. The second-order valence-electron chi connectivity index (χ2n) is 7.06. The molecule has 0 aliphatic heterocycles.